The van der Waals surface area contributed by atoms with E-state index in [0.29, 0.717) is 22.7 Å². The summed E-state index contributed by atoms with van der Waals surface area (Å²) in [5, 5.41) is 3.63. The smallest absolute Gasteiger partial charge is 0.178 e. The fraction of sp³-hybridized carbons (Fsp3) is 0.214. The maximum Gasteiger partial charge on any atom is 0.178 e. The van der Waals surface area contributed by atoms with Crippen LogP contribution in [-0.2, 0) is 9.84 Å². The first-order valence-electron chi connectivity index (χ1n) is 6.35. The lowest BCUT2D eigenvalue weighted by Gasteiger charge is -2.27. The third-order valence-electron chi connectivity index (χ3n) is 3.46. The van der Waals surface area contributed by atoms with Crippen LogP contribution in [0, 0.1) is 5.82 Å². The van der Waals surface area contributed by atoms with Gasteiger partial charge in [-0.2, -0.15) is 0 Å². The maximum atomic E-state index is 13.5. The number of sulfone groups is 1. The summed E-state index contributed by atoms with van der Waals surface area (Å²) < 4.78 is 37.6. The molecule has 0 aliphatic carbocycles. The Hall–Kier alpha value is -1.66. The fourth-order valence-corrected chi connectivity index (χ4v) is 4.20. The van der Waals surface area contributed by atoms with Crippen molar-refractivity contribution in [2.45, 2.75) is 17.4 Å². The molecule has 110 valence electrons. The van der Waals surface area contributed by atoms with E-state index in [4.69, 9.17) is 11.6 Å². The van der Waals surface area contributed by atoms with Crippen LogP contribution in [0.5, 0.6) is 0 Å². The van der Waals surface area contributed by atoms with Crippen LogP contribution in [0.2, 0.25) is 5.02 Å². The molecule has 1 aromatic heterocycles. The predicted molar refractivity (Wildman–Crippen MR) is 78.7 cm³/mol. The van der Waals surface area contributed by atoms with Crippen molar-refractivity contribution >= 4 is 27.1 Å². The van der Waals surface area contributed by atoms with Crippen LogP contribution in [-0.4, -0.2) is 19.2 Å². The van der Waals surface area contributed by atoms with Gasteiger partial charge in [0.1, 0.15) is 5.82 Å². The van der Waals surface area contributed by atoms with Gasteiger partial charge >= 0.3 is 0 Å². The van der Waals surface area contributed by atoms with Crippen LogP contribution in [0.25, 0.3) is 0 Å². The highest BCUT2D eigenvalue weighted by Gasteiger charge is 2.30. The van der Waals surface area contributed by atoms with Crippen molar-refractivity contribution in [2.24, 2.45) is 0 Å². The van der Waals surface area contributed by atoms with E-state index in [1.54, 1.807) is 18.5 Å². The molecule has 0 fully saturated rings. The Bertz CT molecular complexity index is 795. The lowest BCUT2D eigenvalue weighted by atomic mass is 10.0. The van der Waals surface area contributed by atoms with Gasteiger partial charge in [0.2, 0.25) is 0 Å². The van der Waals surface area contributed by atoms with Gasteiger partial charge in [0.25, 0.3) is 0 Å². The average Bonchev–Trinajstić information content (AvgIpc) is 2.44. The number of rotatable bonds is 2. The lowest BCUT2D eigenvalue weighted by Crippen LogP contribution is -2.25. The predicted octanol–water partition coefficient (Wildman–Crippen LogP) is 3.20. The lowest BCUT2D eigenvalue weighted by molar-refractivity contribution is 0.570. The van der Waals surface area contributed by atoms with Crippen LogP contribution in [0.4, 0.5) is 10.1 Å². The normalized spacial score (nSPS) is 19.8. The van der Waals surface area contributed by atoms with E-state index < -0.39 is 15.7 Å². The number of benzene rings is 1. The summed E-state index contributed by atoms with van der Waals surface area (Å²) >= 11 is 6.06. The van der Waals surface area contributed by atoms with E-state index in [0.717, 1.165) is 6.07 Å². The molecule has 2 aromatic rings. The zero-order valence-corrected chi connectivity index (χ0v) is 12.5. The van der Waals surface area contributed by atoms with Crippen molar-refractivity contribution in [3.8, 4) is 0 Å². The molecule has 4 nitrogen and oxygen atoms in total. The molecule has 0 radical (unpaired) electrons. The van der Waals surface area contributed by atoms with Gasteiger partial charge in [0.15, 0.2) is 9.84 Å². The minimum absolute atomic E-state index is 0.0151. The van der Waals surface area contributed by atoms with Gasteiger partial charge in [-0.05, 0) is 36.2 Å². The second-order valence-corrected chi connectivity index (χ2v) is 7.33. The van der Waals surface area contributed by atoms with Gasteiger partial charge in [-0.1, -0.05) is 11.6 Å². The van der Waals surface area contributed by atoms with E-state index in [1.807, 2.05) is 0 Å². The van der Waals surface area contributed by atoms with Crippen molar-refractivity contribution < 1.29 is 12.8 Å². The first kappa shape index (κ1) is 14.3. The van der Waals surface area contributed by atoms with Gasteiger partial charge in [0, 0.05) is 6.20 Å². The minimum atomic E-state index is -3.35. The third-order valence-corrected chi connectivity index (χ3v) is 5.60. The van der Waals surface area contributed by atoms with Crippen LogP contribution < -0.4 is 5.32 Å². The molecule has 0 spiro atoms. The molecule has 3 rings (SSSR count). The van der Waals surface area contributed by atoms with E-state index in [1.165, 1.54) is 12.1 Å². The molecular formula is C14H12ClFN2O2S. The highest BCUT2D eigenvalue weighted by molar-refractivity contribution is 7.91. The number of pyridine rings is 1. The van der Waals surface area contributed by atoms with Gasteiger partial charge < -0.3 is 5.32 Å². The van der Waals surface area contributed by atoms with E-state index in [-0.39, 0.29) is 16.7 Å². The summed E-state index contributed by atoms with van der Waals surface area (Å²) in [4.78, 5) is 4.15. The Labute approximate surface area is 126 Å². The highest BCUT2D eigenvalue weighted by Crippen LogP contribution is 2.36. The minimum Gasteiger partial charge on any atom is -0.376 e. The van der Waals surface area contributed by atoms with Crippen molar-refractivity contribution in [1.82, 2.24) is 4.98 Å². The molecule has 1 N–H and O–H groups in total. The molecule has 0 saturated heterocycles. The Balaban J connectivity index is 2.03. The molecule has 1 unspecified atom stereocenters. The van der Waals surface area contributed by atoms with E-state index in [9.17, 15) is 12.8 Å². The number of hydrogen-bond donors (Lipinski definition) is 1. The van der Waals surface area contributed by atoms with Crippen LogP contribution >= 0.6 is 11.6 Å². The summed E-state index contributed by atoms with van der Waals surface area (Å²) in [5.41, 5.74) is 1.03. The quantitative estimate of drug-likeness (QED) is 0.861. The largest absolute Gasteiger partial charge is 0.376 e. The van der Waals surface area contributed by atoms with E-state index >= 15 is 0 Å². The molecule has 21 heavy (non-hydrogen) atoms. The molecule has 1 aliphatic rings. The number of anilines is 1. The van der Waals surface area contributed by atoms with Crippen LogP contribution in [0.1, 0.15) is 18.0 Å². The van der Waals surface area contributed by atoms with E-state index in [2.05, 4.69) is 10.3 Å². The number of aromatic nitrogens is 1. The molecule has 0 amide bonds. The number of nitrogens with one attached hydrogen (secondary N) is 1. The summed E-state index contributed by atoms with van der Waals surface area (Å²) in [5.74, 6) is -0.448. The van der Waals surface area contributed by atoms with Crippen molar-refractivity contribution in [1.29, 1.82) is 0 Å². The standard InChI is InChI=1S/C14H12ClFN2O2S/c15-11-3-5-17-8-13(11)18-12-4-6-21(19,20)14-2-1-9(16)7-10(12)14/h1-3,5,7-8,12,18H,4,6H2. The fourth-order valence-electron chi connectivity index (χ4n) is 2.43. The Kier molecular flexibility index (Phi) is 3.59. The average molecular weight is 327 g/mol. The zero-order valence-electron chi connectivity index (χ0n) is 10.9. The van der Waals surface area contributed by atoms with Gasteiger partial charge in [-0.15, -0.1) is 0 Å². The summed E-state index contributed by atoms with van der Waals surface area (Å²) in [6.45, 7) is 0. The molecule has 7 heteroatoms. The highest BCUT2D eigenvalue weighted by atomic mass is 35.5. The summed E-state index contributed by atoms with van der Waals surface area (Å²) in [6.07, 6.45) is 3.47. The zero-order chi connectivity index (χ0) is 15.0. The molecule has 0 bridgehead atoms. The monoisotopic (exact) mass is 326 g/mol. The van der Waals surface area contributed by atoms with Crippen molar-refractivity contribution in [2.75, 3.05) is 11.1 Å². The van der Waals surface area contributed by atoms with Crippen LogP contribution in [0.3, 0.4) is 0 Å². The van der Waals surface area contributed by atoms with Crippen molar-refractivity contribution in [3.05, 3.63) is 53.1 Å². The molecular weight excluding hydrogens is 315 g/mol. The molecule has 0 saturated carbocycles. The summed E-state index contributed by atoms with van der Waals surface area (Å²) in [7, 11) is -3.35. The number of nitrogens with zero attached hydrogens (tertiary/aromatic N) is 1. The van der Waals surface area contributed by atoms with Gasteiger partial charge in [-0.25, -0.2) is 12.8 Å². The summed E-state index contributed by atoms with van der Waals surface area (Å²) in [6, 6.07) is 5.05. The Morgan fingerprint density at radius 1 is 1.33 bits per heavy atom. The maximum absolute atomic E-state index is 13.5. The second kappa shape index (κ2) is 5.27. The number of fused-ring (bicyclic) bond motifs is 1. The molecule has 1 atom stereocenters. The first-order chi connectivity index (χ1) is 9.97. The SMILES string of the molecule is O=S1(=O)CCC(Nc2cnccc2Cl)c2cc(F)ccc21. The topological polar surface area (TPSA) is 59.1 Å². The molecule has 2 heterocycles. The second-order valence-electron chi connectivity index (χ2n) is 4.84. The van der Waals surface area contributed by atoms with Crippen molar-refractivity contribution in [3.63, 3.8) is 0 Å². The van der Waals surface area contributed by atoms with Crippen LogP contribution in [0.15, 0.2) is 41.6 Å². The van der Waals surface area contributed by atoms with Gasteiger partial charge in [0.05, 0.1) is 33.6 Å². The molecule has 1 aromatic carbocycles. The third kappa shape index (κ3) is 2.73. The molecule has 1 aliphatic heterocycles. The Morgan fingerprint density at radius 2 is 2.14 bits per heavy atom. The number of hydrogen-bond acceptors (Lipinski definition) is 4. The first-order valence-corrected chi connectivity index (χ1v) is 8.39. The Morgan fingerprint density at radius 3 is 2.90 bits per heavy atom. The van der Waals surface area contributed by atoms with Gasteiger partial charge in [-0.3, -0.25) is 4.98 Å². The number of halogens is 2.